The van der Waals surface area contributed by atoms with E-state index in [4.69, 9.17) is 14.4 Å². The maximum Gasteiger partial charge on any atom is 0.341 e. The molecule has 1 aromatic heterocycles. The minimum absolute atomic E-state index is 0.0682. The Morgan fingerprint density at radius 2 is 1.88 bits per heavy atom. The molecule has 25 heavy (non-hydrogen) atoms. The van der Waals surface area contributed by atoms with Crippen LogP contribution in [0.1, 0.15) is 11.4 Å². The molecule has 126 valence electrons. The fourth-order valence-corrected chi connectivity index (χ4v) is 2.06. The first-order chi connectivity index (χ1) is 12.1. The standard InChI is InChI=1S/C18H14N2O5/c21-15-4-2-1-3-14(15)18-19-16(20-25-18)10-7-12-5-8-13(9-6-12)24-11-17(22)23/h1-10,21H,11H2,(H,22,23)/b10-7+. The minimum Gasteiger partial charge on any atom is -0.507 e. The monoisotopic (exact) mass is 338 g/mol. The Labute approximate surface area is 142 Å². The molecule has 1 heterocycles. The normalized spacial score (nSPS) is 10.9. The molecule has 7 heteroatoms. The summed E-state index contributed by atoms with van der Waals surface area (Å²) >= 11 is 0. The van der Waals surface area contributed by atoms with Gasteiger partial charge in [0.15, 0.2) is 12.4 Å². The van der Waals surface area contributed by atoms with Gasteiger partial charge in [0.05, 0.1) is 5.56 Å². The molecule has 0 atom stereocenters. The van der Waals surface area contributed by atoms with E-state index in [1.54, 1.807) is 60.7 Å². The van der Waals surface area contributed by atoms with Gasteiger partial charge in [-0.15, -0.1) is 0 Å². The summed E-state index contributed by atoms with van der Waals surface area (Å²) in [5, 5.41) is 22.2. The van der Waals surface area contributed by atoms with Crippen molar-refractivity contribution in [2.75, 3.05) is 6.61 Å². The van der Waals surface area contributed by atoms with Gasteiger partial charge < -0.3 is 19.5 Å². The maximum absolute atomic E-state index is 10.4. The van der Waals surface area contributed by atoms with Crippen LogP contribution in [0.25, 0.3) is 23.6 Å². The van der Waals surface area contributed by atoms with Crippen molar-refractivity contribution < 1.29 is 24.3 Å². The number of benzene rings is 2. The second kappa shape index (κ2) is 7.31. The lowest BCUT2D eigenvalue weighted by Gasteiger charge is -2.02. The molecule has 3 aromatic rings. The quantitative estimate of drug-likeness (QED) is 0.711. The van der Waals surface area contributed by atoms with Gasteiger partial charge in [0.25, 0.3) is 5.89 Å². The van der Waals surface area contributed by atoms with E-state index in [-0.39, 0.29) is 18.2 Å². The van der Waals surface area contributed by atoms with Gasteiger partial charge in [-0.1, -0.05) is 35.5 Å². The van der Waals surface area contributed by atoms with Crippen LogP contribution in [0, 0.1) is 0 Å². The lowest BCUT2D eigenvalue weighted by Crippen LogP contribution is -2.09. The molecule has 0 bridgehead atoms. The summed E-state index contributed by atoms with van der Waals surface area (Å²) in [7, 11) is 0. The largest absolute Gasteiger partial charge is 0.507 e. The van der Waals surface area contributed by atoms with Crippen molar-refractivity contribution in [3.05, 3.63) is 59.9 Å². The van der Waals surface area contributed by atoms with E-state index in [1.165, 1.54) is 0 Å². The zero-order chi connectivity index (χ0) is 17.6. The van der Waals surface area contributed by atoms with E-state index in [2.05, 4.69) is 10.1 Å². The highest BCUT2D eigenvalue weighted by molar-refractivity contribution is 5.69. The first-order valence-electron chi connectivity index (χ1n) is 7.36. The fraction of sp³-hybridized carbons (Fsp3) is 0.0556. The average Bonchev–Trinajstić information content (AvgIpc) is 3.08. The highest BCUT2D eigenvalue weighted by atomic mass is 16.5. The third kappa shape index (κ3) is 4.23. The molecule has 0 fully saturated rings. The molecule has 0 spiro atoms. The number of hydrogen-bond acceptors (Lipinski definition) is 6. The molecule has 0 radical (unpaired) electrons. The van der Waals surface area contributed by atoms with Crippen LogP contribution in [0.3, 0.4) is 0 Å². The van der Waals surface area contributed by atoms with Crippen LogP contribution in [-0.4, -0.2) is 32.9 Å². The summed E-state index contributed by atoms with van der Waals surface area (Å²) in [6, 6.07) is 13.6. The van der Waals surface area contributed by atoms with Crippen LogP contribution in [0.4, 0.5) is 0 Å². The van der Waals surface area contributed by atoms with Gasteiger partial charge in [-0.2, -0.15) is 4.98 Å². The van der Waals surface area contributed by atoms with E-state index in [9.17, 15) is 9.90 Å². The van der Waals surface area contributed by atoms with Crippen molar-refractivity contribution in [3.63, 3.8) is 0 Å². The Kier molecular flexibility index (Phi) is 4.75. The third-order valence-corrected chi connectivity index (χ3v) is 3.24. The van der Waals surface area contributed by atoms with Gasteiger partial charge in [0.1, 0.15) is 11.5 Å². The number of ether oxygens (including phenoxy) is 1. The van der Waals surface area contributed by atoms with Crippen LogP contribution < -0.4 is 4.74 Å². The SMILES string of the molecule is O=C(O)COc1ccc(/C=C/c2noc(-c3ccccc3O)n2)cc1. The van der Waals surface area contributed by atoms with E-state index in [0.29, 0.717) is 17.1 Å². The zero-order valence-electron chi connectivity index (χ0n) is 13.0. The number of rotatable bonds is 6. The van der Waals surface area contributed by atoms with Gasteiger partial charge in [-0.05, 0) is 35.9 Å². The second-order valence-electron chi connectivity index (χ2n) is 5.06. The molecule has 7 nitrogen and oxygen atoms in total. The number of carboxylic acids is 1. The van der Waals surface area contributed by atoms with Gasteiger partial charge in [-0.3, -0.25) is 0 Å². The predicted molar refractivity (Wildman–Crippen MR) is 89.9 cm³/mol. The number of aromatic hydroxyl groups is 1. The molecule has 0 amide bonds. The van der Waals surface area contributed by atoms with E-state index in [0.717, 1.165) is 5.56 Å². The molecule has 3 rings (SSSR count). The molecule has 0 aliphatic heterocycles. The Hall–Kier alpha value is -3.61. The van der Waals surface area contributed by atoms with Crippen molar-refractivity contribution in [1.82, 2.24) is 10.1 Å². The third-order valence-electron chi connectivity index (χ3n) is 3.24. The summed E-state index contributed by atoms with van der Waals surface area (Å²) in [5.41, 5.74) is 1.33. The maximum atomic E-state index is 10.4. The van der Waals surface area contributed by atoms with Crippen molar-refractivity contribution in [1.29, 1.82) is 0 Å². The van der Waals surface area contributed by atoms with Crippen molar-refractivity contribution >= 4 is 18.1 Å². The number of phenolic OH excluding ortho intramolecular Hbond substituents is 1. The van der Waals surface area contributed by atoms with Crippen molar-refractivity contribution in [3.8, 4) is 23.0 Å². The van der Waals surface area contributed by atoms with Crippen molar-refractivity contribution in [2.24, 2.45) is 0 Å². The number of phenols is 1. The minimum atomic E-state index is -1.03. The average molecular weight is 338 g/mol. The van der Waals surface area contributed by atoms with E-state index in [1.807, 2.05) is 0 Å². The molecule has 2 aromatic carbocycles. The summed E-state index contributed by atoms with van der Waals surface area (Å²) < 4.78 is 10.2. The van der Waals surface area contributed by atoms with Gasteiger partial charge in [0, 0.05) is 0 Å². The van der Waals surface area contributed by atoms with Gasteiger partial charge in [-0.25, -0.2) is 4.79 Å². The molecular weight excluding hydrogens is 324 g/mol. The van der Waals surface area contributed by atoms with E-state index < -0.39 is 5.97 Å². The Bertz CT molecular complexity index is 900. The molecule has 0 saturated heterocycles. The van der Waals surface area contributed by atoms with Crippen LogP contribution in [0.2, 0.25) is 0 Å². The summed E-state index contributed by atoms with van der Waals surface area (Å²) in [4.78, 5) is 14.7. The molecule has 0 unspecified atom stereocenters. The van der Waals surface area contributed by atoms with E-state index >= 15 is 0 Å². The van der Waals surface area contributed by atoms with Gasteiger partial charge >= 0.3 is 5.97 Å². The number of carbonyl (C=O) groups is 1. The van der Waals surface area contributed by atoms with Crippen LogP contribution in [0.15, 0.2) is 53.1 Å². The highest BCUT2D eigenvalue weighted by Gasteiger charge is 2.10. The van der Waals surface area contributed by atoms with Crippen LogP contribution in [0.5, 0.6) is 11.5 Å². The molecule has 0 aliphatic carbocycles. The number of carboxylic acid groups (broad SMARTS) is 1. The molecule has 0 aliphatic rings. The topological polar surface area (TPSA) is 106 Å². The first-order valence-corrected chi connectivity index (χ1v) is 7.36. The molecule has 2 N–H and O–H groups in total. The number of para-hydroxylation sites is 1. The van der Waals surface area contributed by atoms with Crippen molar-refractivity contribution in [2.45, 2.75) is 0 Å². The lowest BCUT2D eigenvalue weighted by atomic mass is 10.2. The molecular formula is C18H14N2O5. The number of nitrogens with zero attached hydrogens (tertiary/aromatic N) is 2. The molecule has 0 saturated carbocycles. The summed E-state index contributed by atoms with van der Waals surface area (Å²) in [6.45, 7) is -0.382. The van der Waals surface area contributed by atoms with Gasteiger partial charge in [0.2, 0.25) is 0 Å². The van der Waals surface area contributed by atoms with Crippen LogP contribution in [-0.2, 0) is 4.79 Å². The highest BCUT2D eigenvalue weighted by Crippen LogP contribution is 2.27. The second-order valence-corrected chi connectivity index (χ2v) is 5.06. The zero-order valence-corrected chi connectivity index (χ0v) is 13.0. The Morgan fingerprint density at radius 1 is 1.12 bits per heavy atom. The summed E-state index contributed by atoms with van der Waals surface area (Å²) in [6.07, 6.45) is 3.44. The Balaban J connectivity index is 1.68. The predicted octanol–water partition coefficient (Wildman–Crippen LogP) is 3.08. The number of aliphatic carboxylic acids is 1. The Morgan fingerprint density at radius 3 is 2.60 bits per heavy atom. The first kappa shape index (κ1) is 16.3. The smallest absolute Gasteiger partial charge is 0.341 e. The van der Waals surface area contributed by atoms with Crippen LogP contribution >= 0.6 is 0 Å². The fourth-order valence-electron chi connectivity index (χ4n) is 2.06. The number of aromatic nitrogens is 2. The number of hydrogen-bond donors (Lipinski definition) is 2. The lowest BCUT2D eigenvalue weighted by molar-refractivity contribution is -0.139. The summed E-state index contributed by atoms with van der Waals surface area (Å²) in [5.74, 6) is 0.112.